The van der Waals surface area contributed by atoms with Crippen LogP contribution >= 0.6 is 0 Å². The molecule has 7 nitrogen and oxygen atoms in total. The summed E-state index contributed by atoms with van der Waals surface area (Å²) >= 11 is 0. The van der Waals surface area contributed by atoms with Crippen LogP contribution in [-0.4, -0.2) is 26.6 Å². The molecule has 7 heteroatoms. The third kappa shape index (κ3) is 4.47. The first kappa shape index (κ1) is 17.2. The lowest BCUT2D eigenvalue weighted by molar-refractivity contribution is 0.0944. The summed E-state index contributed by atoms with van der Waals surface area (Å²) in [7, 11) is 0. The number of nitrogens with zero attached hydrogens (tertiary/aromatic N) is 3. The van der Waals surface area contributed by atoms with Crippen molar-refractivity contribution in [2.24, 2.45) is 0 Å². The maximum Gasteiger partial charge on any atom is 0.271 e. The smallest absolute Gasteiger partial charge is 0.271 e. The van der Waals surface area contributed by atoms with Crippen molar-refractivity contribution in [3.05, 3.63) is 78.0 Å². The van der Waals surface area contributed by atoms with E-state index in [2.05, 4.69) is 25.6 Å². The lowest BCUT2D eigenvalue weighted by Gasteiger charge is -2.07. The Hall–Kier alpha value is -3.61. The second kappa shape index (κ2) is 7.98. The van der Waals surface area contributed by atoms with Gasteiger partial charge in [0, 0.05) is 30.2 Å². The molecule has 3 rings (SSSR count). The summed E-state index contributed by atoms with van der Waals surface area (Å²) in [6, 6.07) is 10.7. The predicted molar refractivity (Wildman–Crippen MR) is 97.2 cm³/mol. The highest BCUT2D eigenvalue weighted by atomic mass is 16.1. The highest BCUT2D eigenvalue weighted by Gasteiger charge is 2.08. The lowest BCUT2D eigenvalue weighted by Crippen LogP contribution is -2.24. The molecule has 2 N–H and O–H groups in total. The average Bonchev–Trinajstić information content (AvgIpc) is 2.68. The van der Waals surface area contributed by atoms with Gasteiger partial charge in [0.05, 0.1) is 12.4 Å². The van der Waals surface area contributed by atoms with Crippen LogP contribution in [0.25, 0.3) is 0 Å². The van der Waals surface area contributed by atoms with E-state index in [1.54, 1.807) is 36.7 Å². The summed E-state index contributed by atoms with van der Waals surface area (Å²) in [4.78, 5) is 35.6. The van der Waals surface area contributed by atoms with Crippen LogP contribution in [0.15, 0.2) is 61.2 Å². The van der Waals surface area contributed by atoms with Gasteiger partial charge >= 0.3 is 0 Å². The molecular weight excluding hydrogens is 330 g/mol. The predicted octanol–water partition coefficient (Wildman–Crippen LogP) is 2.75. The molecule has 0 aliphatic rings. The van der Waals surface area contributed by atoms with Crippen LogP contribution in [-0.2, 0) is 6.54 Å². The van der Waals surface area contributed by atoms with Gasteiger partial charge < -0.3 is 10.6 Å². The Bertz CT molecular complexity index is 893. The quantitative estimate of drug-likeness (QED) is 0.666. The number of hydrogen-bond donors (Lipinski definition) is 2. The molecule has 0 aliphatic heterocycles. The fraction of sp³-hybridized carbons (Fsp3) is 0.105. The Balaban J connectivity index is 1.59. The molecular formula is C19H17N5O2. The zero-order valence-electron chi connectivity index (χ0n) is 14.1. The van der Waals surface area contributed by atoms with Crippen LogP contribution < -0.4 is 10.6 Å². The van der Waals surface area contributed by atoms with Gasteiger partial charge in [-0.1, -0.05) is 0 Å². The summed E-state index contributed by atoms with van der Waals surface area (Å²) in [5.41, 5.74) is 2.60. The second-order valence-corrected chi connectivity index (χ2v) is 5.58. The summed E-state index contributed by atoms with van der Waals surface area (Å²) in [5.74, 6) is 0.219. The van der Waals surface area contributed by atoms with Gasteiger partial charge in [0.2, 0.25) is 0 Å². The van der Waals surface area contributed by atoms with Crippen molar-refractivity contribution in [1.82, 2.24) is 20.3 Å². The molecule has 1 aromatic carbocycles. The molecule has 0 fully saturated rings. The summed E-state index contributed by atoms with van der Waals surface area (Å²) < 4.78 is 0. The number of carbonyl (C=O) groups is 2. The SMILES string of the molecule is CC(=O)c1ccc(Nc2cnc(C(=O)NCc3ccncc3)cn2)cc1. The fourth-order valence-corrected chi connectivity index (χ4v) is 2.22. The van der Waals surface area contributed by atoms with Crippen LogP contribution in [0, 0.1) is 0 Å². The van der Waals surface area contributed by atoms with Gasteiger partial charge in [0.25, 0.3) is 5.91 Å². The maximum atomic E-state index is 12.1. The van der Waals surface area contributed by atoms with Crippen molar-refractivity contribution in [1.29, 1.82) is 0 Å². The maximum absolute atomic E-state index is 12.1. The molecule has 0 saturated heterocycles. The van der Waals surface area contributed by atoms with Crippen LogP contribution in [0.4, 0.5) is 11.5 Å². The monoisotopic (exact) mass is 347 g/mol. The number of aromatic nitrogens is 3. The number of hydrogen-bond acceptors (Lipinski definition) is 6. The normalized spacial score (nSPS) is 10.2. The van der Waals surface area contributed by atoms with Crippen molar-refractivity contribution in [2.75, 3.05) is 5.32 Å². The number of pyridine rings is 1. The Morgan fingerprint density at radius 2 is 1.69 bits per heavy atom. The molecule has 0 radical (unpaired) electrons. The fourth-order valence-electron chi connectivity index (χ4n) is 2.22. The third-order valence-electron chi connectivity index (χ3n) is 3.65. The highest BCUT2D eigenvalue weighted by Crippen LogP contribution is 2.15. The van der Waals surface area contributed by atoms with E-state index in [0.29, 0.717) is 17.9 Å². The number of nitrogens with one attached hydrogen (secondary N) is 2. The van der Waals surface area contributed by atoms with Crippen molar-refractivity contribution in [3.63, 3.8) is 0 Å². The molecule has 3 aromatic rings. The number of anilines is 2. The number of amides is 1. The first-order chi connectivity index (χ1) is 12.6. The Labute approximate surface area is 150 Å². The minimum absolute atomic E-state index is 0.0125. The molecule has 2 aromatic heterocycles. The zero-order valence-corrected chi connectivity index (χ0v) is 14.1. The summed E-state index contributed by atoms with van der Waals surface area (Å²) in [6.07, 6.45) is 6.24. The molecule has 130 valence electrons. The number of benzene rings is 1. The number of rotatable bonds is 6. The Morgan fingerprint density at radius 3 is 2.31 bits per heavy atom. The lowest BCUT2D eigenvalue weighted by atomic mass is 10.1. The van der Waals surface area contributed by atoms with Gasteiger partial charge in [-0.05, 0) is 48.9 Å². The zero-order chi connectivity index (χ0) is 18.4. The topological polar surface area (TPSA) is 96.9 Å². The van der Waals surface area contributed by atoms with Gasteiger partial charge in [-0.15, -0.1) is 0 Å². The molecule has 1 amide bonds. The highest BCUT2D eigenvalue weighted by molar-refractivity contribution is 5.94. The van der Waals surface area contributed by atoms with E-state index in [9.17, 15) is 9.59 Å². The van der Waals surface area contributed by atoms with E-state index in [0.717, 1.165) is 11.3 Å². The van der Waals surface area contributed by atoms with E-state index in [1.807, 2.05) is 12.1 Å². The van der Waals surface area contributed by atoms with Gasteiger partial charge in [0.1, 0.15) is 11.5 Å². The number of ketones is 1. The first-order valence-electron chi connectivity index (χ1n) is 7.99. The van der Waals surface area contributed by atoms with Crippen molar-refractivity contribution < 1.29 is 9.59 Å². The second-order valence-electron chi connectivity index (χ2n) is 5.58. The summed E-state index contributed by atoms with van der Waals surface area (Å²) in [6.45, 7) is 1.91. The molecule has 0 saturated carbocycles. The number of carbonyl (C=O) groups excluding carboxylic acids is 2. The van der Waals surface area contributed by atoms with Crippen molar-refractivity contribution in [3.8, 4) is 0 Å². The van der Waals surface area contributed by atoms with Gasteiger partial charge in [0.15, 0.2) is 5.78 Å². The van der Waals surface area contributed by atoms with Gasteiger partial charge in [-0.25, -0.2) is 9.97 Å². The van der Waals surface area contributed by atoms with Gasteiger partial charge in [-0.2, -0.15) is 0 Å². The molecule has 0 bridgehead atoms. The molecule has 0 unspecified atom stereocenters. The minimum Gasteiger partial charge on any atom is -0.347 e. The van der Waals surface area contributed by atoms with E-state index >= 15 is 0 Å². The Morgan fingerprint density at radius 1 is 0.962 bits per heavy atom. The average molecular weight is 347 g/mol. The van der Waals surface area contributed by atoms with Crippen molar-refractivity contribution >= 4 is 23.2 Å². The van der Waals surface area contributed by atoms with Crippen LogP contribution in [0.1, 0.15) is 33.3 Å². The molecule has 2 heterocycles. The van der Waals surface area contributed by atoms with E-state index in [1.165, 1.54) is 19.3 Å². The third-order valence-corrected chi connectivity index (χ3v) is 3.65. The van der Waals surface area contributed by atoms with Gasteiger partial charge in [-0.3, -0.25) is 14.6 Å². The van der Waals surface area contributed by atoms with E-state index in [4.69, 9.17) is 0 Å². The van der Waals surface area contributed by atoms with E-state index < -0.39 is 0 Å². The standard InChI is InChI=1S/C19H17N5O2/c1-13(25)15-2-4-16(5-3-15)24-18-12-21-17(11-22-18)19(26)23-10-14-6-8-20-9-7-14/h2-9,11-12H,10H2,1H3,(H,22,24)(H,23,26). The van der Waals surface area contributed by atoms with Crippen LogP contribution in [0.2, 0.25) is 0 Å². The molecule has 0 atom stereocenters. The molecule has 0 spiro atoms. The minimum atomic E-state index is -0.299. The van der Waals surface area contributed by atoms with Crippen molar-refractivity contribution in [2.45, 2.75) is 13.5 Å². The molecule has 26 heavy (non-hydrogen) atoms. The first-order valence-corrected chi connectivity index (χ1v) is 7.99. The number of Topliss-reactive ketones (excluding diaryl/α,β-unsaturated/α-hetero) is 1. The van der Waals surface area contributed by atoms with Crippen LogP contribution in [0.3, 0.4) is 0 Å². The Kier molecular flexibility index (Phi) is 5.28. The van der Waals surface area contributed by atoms with Crippen LogP contribution in [0.5, 0.6) is 0 Å². The molecule has 0 aliphatic carbocycles. The summed E-state index contributed by atoms with van der Waals surface area (Å²) in [5, 5.41) is 5.85. The van der Waals surface area contributed by atoms with E-state index in [-0.39, 0.29) is 17.4 Å². The largest absolute Gasteiger partial charge is 0.347 e.